The topological polar surface area (TPSA) is 0 Å². The lowest BCUT2D eigenvalue weighted by atomic mass is 9.80. The minimum Gasteiger partial charge on any atom is -0.0625 e. The largest absolute Gasteiger partial charge is 0.0625 e. The minimum atomic E-state index is 0.952. The van der Waals surface area contributed by atoms with E-state index in [1.54, 1.807) is 0 Å². The molecule has 2 saturated carbocycles. The Kier molecular flexibility index (Phi) is 23.3. The van der Waals surface area contributed by atoms with E-state index in [1.807, 2.05) is 0 Å². The van der Waals surface area contributed by atoms with Gasteiger partial charge in [-0.1, -0.05) is 212 Å². The fourth-order valence-corrected chi connectivity index (χ4v) is 7.97. The summed E-state index contributed by atoms with van der Waals surface area (Å²) in [6.07, 6.45) is 51.4. The van der Waals surface area contributed by atoms with Crippen molar-refractivity contribution in [3.63, 3.8) is 0 Å². The highest BCUT2D eigenvalue weighted by molar-refractivity contribution is 4.70. The molecule has 226 valence electrons. The molecule has 0 aromatic carbocycles. The standard InChI is InChI=1S/C38H74/c1-36(34-37-30-26-22-18-14-10-6-2-3-7-11-15-19-23-27-31-37)35-38-32-28-24-20-16-12-8-4-5-9-13-17-21-25-29-33-38/h36-38H,2-35H2,1H3. The molecule has 0 atom stereocenters. The van der Waals surface area contributed by atoms with E-state index in [-0.39, 0.29) is 0 Å². The van der Waals surface area contributed by atoms with Crippen molar-refractivity contribution in [3.8, 4) is 0 Å². The molecule has 2 aliphatic carbocycles. The summed E-state index contributed by atoms with van der Waals surface area (Å²) in [4.78, 5) is 0. The van der Waals surface area contributed by atoms with Gasteiger partial charge in [0.2, 0.25) is 0 Å². The Morgan fingerprint density at radius 1 is 0.289 bits per heavy atom. The molecule has 0 heteroatoms. The summed E-state index contributed by atoms with van der Waals surface area (Å²) in [6.45, 7) is 2.64. The molecule has 0 unspecified atom stereocenters. The van der Waals surface area contributed by atoms with Crippen LogP contribution < -0.4 is 0 Å². The van der Waals surface area contributed by atoms with Crippen molar-refractivity contribution in [3.05, 3.63) is 0 Å². The second kappa shape index (κ2) is 25.9. The zero-order valence-electron chi connectivity index (χ0n) is 26.8. The molecule has 0 aliphatic heterocycles. The first-order valence-corrected chi connectivity index (χ1v) is 18.8. The summed E-state index contributed by atoms with van der Waals surface area (Å²) in [5.74, 6) is 3.00. The van der Waals surface area contributed by atoms with E-state index in [9.17, 15) is 0 Å². The highest BCUT2D eigenvalue weighted by Crippen LogP contribution is 2.32. The van der Waals surface area contributed by atoms with Crippen molar-refractivity contribution in [2.45, 2.75) is 225 Å². The maximum absolute atomic E-state index is 2.64. The van der Waals surface area contributed by atoms with Gasteiger partial charge in [-0.05, 0) is 30.6 Å². The van der Waals surface area contributed by atoms with Crippen LogP contribution in [0.3, 0.4) is 0 Å². The Morgan fingerprint density at radius 2 is 0.447 bits per heavy atom. The van der Waals surface area contributed by atoms with Crippen molar-refractivity contribution in [1.29, 1.82) is 0 Å². The van der Waals surface area contributed by atoms with Gasteiger partial charge in [0.05, 0.1) is 0 Å². The lowest BCUT2D eigenvalue weighted by molar-refractivity contribution is 0.268. The Labute approximate surface area is 242 Å². The van der Waals surface area contributed by atoms with Crippen LogP contribution in [-0.2, 0) is 0 Å². The third-order valence-corrected chi connectivity index (χ3v) is 10.4. The van der Waals surface area contributed by atoms with Crippen molar-refractivity contribution in [2.75, 3.05) is 0 Å². The molecule has 0 amide bonds. The second-order valence-electron chi connectivity index (χ2n) is 14.4. The van der Waals surface area contributed by atoms with Gasteiger partial charge in [-0.25, -0.2) is 0 Å². The summed E-state index contributed by atoms with van der Waals surface area (Å²) < 4.78 is 0. The molecule has 0 radical (unpaired) electrons. The van der Waals surface area contributed by atoms with Gasteiger partial charge < -0.3 is 0 Å². The fourth-order valence-electron chi connectivity index (χ4n) is 7.97. The highest BCUT2D eigenvalue weighted by atomic mass is 14.2. The van der Waals surface area contributed by atoms with E-state index >= 15 is 0 Å². The first kappa shape index (κ1) is 34.2. The summed E-state index contributed by atoms with van der Waals surface area (Å²) in [6, 6.07) is 0. The van der Waals surface area contributed by atoms with Crippen LogP contribution in [0.2, 0.25) is 0 Å². The SMILES string of the molecule is CC(CC1CCCCCCCCCCCCCCCC1)CC1CCCCCCCCCCCCCCCC1. The zero-order chi connectivity index (χ0) is 26.8. The van der Waals surface area contributed by atoms with Crippen molar-refractivity contribution < 1.29 is 0 Å². The van der Waals surface area contributed by atoms with Gasteiger partial charge in [-0.3, -0.25) is 0 Å². The van der Waals surface area contributed by atoms with E-state index in [0.29, 0.717) is 0 Å². The first-order valence-electron chi connectivity index (χ1n) is 18.8. The van der Waals surface area contributed by atoms with E-state index in [4.69, 9.17) is 0 Å². The van der Waals surface area contributed by atoms with Crippen LogP contribution in [0.1, 0.15) is 225 Å². The third-order valence-electron chi connectivity index (χ3n) is 10.4. The van der Waals surface area contributed by atoms with Crippen molar-refractivity contribution >= 4 is 0 Å². The third kappa shape index (κ3) is 20.8. The second-order valence-corrected chi connectivity index (χ2v) is 14.4. The molecule has 0 spiro atoms. The Bertz CT molecular complexity index is 389. The van der Waals surface area contributed by atoms with Gasteiger partial charge in [0.25, 0.3) is 0 Å². The molecule has 0 saturated heterocycles. The Morgan fingerprint density at radius 3 is 0.632 bits per heavy atom. The predicted molar refractivity (Wildman–Crippen MR) is 173 cm³/mol. The maximum atomic E-state index is 2.64. The molecule has 0 aromatic rings. The van der Waals surface area contributed by atoms with Gasteiger partial charge in [0, 0.05) is 0 Å². The molecule has 0 nitrogen and oxygen atoms in total. The molecule has 0 bridgehead atoms. The molecule has 38 heavy (non-hydrogen) atoms. The van der Waals surface area contributed by atoms with Crippen LogP contribution >= 0.6 is 0 Å². The van der Waals surface area contributed by atoms with Crippen LogP contribution in [0.15, 0.2) is 0 Å². The molecular formula is C38H74. The zero-order valence-corrected chi connectivity index (χ0v) is 26.8. The molecule has 2 rings (SSSR count). The van der Waals surface area contributed by atoms with Gasteiger partial charge >= 0.3 is 0 Å². The number of hydrogen-bond acceptors (Lipinski definition) is 0. The predicted octanol–water partition coefficient (Wildman–Crippen LogP) is 14.1. The van der Waals surface area contributed by atoms with E-state index in [1.165, 1.54) is 218 Å². The normalized spacial score (nSPS) is 24.5. The Balaban J connectivity index is 1.76. The van der Waals surface area contributed by atoms with Crippen LogP contribution in [0.4, 0.5) is 0 Å². The smallest absolute Gasteiger partial charge is 0.0412 e. The van der Waals surface area contributed by atoms with Gasteiger partial charge in [-0.15, -0.1) is 0 Å². The monoisotopic (exact) mass is 531 g/mol. The first-order chi connectivity index (χ1) is 18.8. The summed E-state index contributed by atoms with van der Waals surface area (Å²) in [5.41, 5.74) is 0. The molecule has 2 fully saturated rings. The molecule has 0 heterocycles. The molecule has 0 N–H and O–H groups in total. The minimum absolute atomic E-state index is 0.952. The van der Waals surface area contributed by atoms with Crippen LogP contribution in [0.5, 0.6) is 0 Å². The summed E-state index contributed by atoms with van der Waals surface area (Å²) >= 11 is 0. The van der Waals surface area contributed by atoms with Gasteiger partial charge in [0.1, 0.15) is 0 Å². The van der Waals surface area contributed by atoms with Crippen LogP contribution in [-0.4, -0.2) is 0 Å². The van der Waals surface area contributed by atoms with Gasteiger partial charge in [0.15, 0.2) is 0 Å². The Hall–Kier alpha value is 0. The van der Waals surface area contributed by atoms with Crippen LogP contribution in [0.25, 0.3) is 0 Å². The molecule has 0 aromatic heterocycles. The van der Waals surface area contributed by atoms with E-state index < -0.39 is 0 Å². The molecule has 2 aliphatic rings. The maximum Gasteiger partial charge on any atom is -0.0412 e. The van der Waals surface area contributed by atoms with Gasteiger partial charge in [-0.2, -0.15) is 0 Å². The number of hydrogen-bond donors (Lipinski definition) is 0. The fraction of sp³-hybridized carbons (Fsp3) is 1.00. The van der Waals surface area contributed by atoms with Crippen LogP contribution in [0, 0.1) is 17.8 Å². The summed E-state index contributed by atoms with van der Waals surface area (Å²) in [5, 5.41) is 0. The molecular weight excluding hydrogens is 456 g/mol. The average molecular weight is 531 g/mol. The quantitative estimate of drug-likeness (QED) is 0.339. The lowest BCUT2D eigenvalue weighted by Gasteiger charge is -2.25. The lowest BCUT2D eigenvalue weighted by Crippen LogP contribution is -2.12. The van der Waals surface area contributed by atoms with Crippen molar-refractivity contribution in [2.24, 2.45) is 17.8 Å². The highest BCUT2D eigenvalue weighted by Gasteiger charge is 2.18. The van der Waals surface area contributed by atoms with E-state index in [0.717, 1.165) is 17.8 Å². The van der Waals surface area contributed by atoms with Crippen molar-refractivity contribution in [1.82, 2.24) is 0 Å². The number of rotatable bonds is 4. The average Bonchev–Trinajstić information content (AvgIpc) is 2.92. The van der Waals surface area contributed by atoms with E-state index in [2.05, 4.69) is 6.92 Å². The summed E-state index contributed by atoms with van der Waals surface area (Å²) in [7, 11) is 0.